The standard InChI is InChI=1S/C6H12BrF2NO2S/c1-2-3-5(7)4-10-13(11,12)6(8)9/h5-6,10H,2-4H2,1H3. The minimum atomic E-state index is -4.42. The van der Waals surface area contributed by atoms with Crippen LogP contribution in [0.4, 0.5) is 8.78 Å². The zero-order chi connectivity index (χ0) is 10.5. The van der Waals surface area contributed by atoms with E-state index in [1.807, 2.05) is 11.6 Å². The minimum Gasteiger partial charge on any atom is -0.209 e. The van der Waals surface area contributed by atoms with Crippen molar-refractivity contribution in [2.45, 2.75) is 30.4 Å². The number of alkyl halides is 3. The number of hydrogen-bond acceptors (Lipinski definition) is 2. The van der Waals surface area contributed by atoms with Crippen LogP contribution in [-0.2, 0) is 10.0 Å². The van der Waals surface area contributed by atoms with Gasteiger partial charge in [-0.15, -0.1) is 0 Å². The molecule has 0 bridgehead atoms. The molecule has 0 amide bonds. The Labute approximate surface area is 85.1 Å². The average Bonchev–Trinajstić information content (AvgIpc) is 2.01. The predicted molar refractivity (Wildman–Crippen MR) is 50.5 cm³/mol. The lowest BCUT2D eigenvalue weighted by Crippen LogP contribution is -2.33. The Bertz CT molecular complexity index is 233. The summed E-state index contributed by atoms with van der Waals surface area (Å²) in [6, 6.07) is 0. The predicted octanol–water partition coefficient (Wildman–Crippen LogP) is 1.69. The minimum absolute atomic E-state index is 0.000509. The average molecular weight is 280 g/mol. The molecule has 3 nitrogen and oxygen atoms in total. The van der Waals surface area contributed by atoms with E-state index >= 15 is 0 Å². The highest BCUT2D eigenvalue weighted by atomic mass is 79.9. The SMILES string of the molecule is CCCC(Br)CNS(=O)(=O)C(F)F. The molecule has 0 aliphatic rings. The first-order valence-corrected chi connectivity index (χ1v) is 6.27. The second kappa shape index (κ2) is 5.87. The molecular formula is C6H12BrF2NO2S. The highest BCUT2D eigenvalue weighted by molar-refractivity contribution is 9.09. The van der Waals surface area contributed by atoms with Gasteiger partial charge in [0.25, 0.3) is 10.0 Å². The van der Waals surface area contributed by atoms with Crippen molar-refractivity contribution in [1.82, 2.24) is 4.72 Å². The van der Waals surface area contributed by atoms with Gasteiger partial charge >= 0.3 is 5.76 Å². The van der Waals surface area contributed by atoms with Gasteiger partial charge in [0, 0.05) is 11.4 Å². The summed E-state index contributed by atoms with van der Waals surface area (Å²) in [7, 11) is -4.42. The summed E-state index contributed by atoms with van der Waals surface area (Å²) in [5.74, 6) is -3.35. The molecule has 1 atom stereocenters. The molecule has 0 aliphatic heterocycles. The Kier molecular flexibility index (Phi) is 5.98. The molecule has 0 radical (unpaired) electrons. The molecule has 0 saturated carbocycles. The fourth-order valence-corrected chi connectivity index (χ4v) is 2.08. The van der Waals surface area contributed by atoms with Crippen LogP contribution < -0.4 is 4.72 Å². The second-order valence-corrected chi connectivity index (χ2v) is 5.57. The molecular weight excluding hydrogens is 268 g/mol. The van der Waals surface area contributed by atoms with Gasteiger partial charge in [-0.25, -0.2) is 13.1 Å². The molecule has 0 aromatic heterocycles. The summed E-state index contributed by atoms with van der Waals surface area (Å²) in [6.07, 6.45) is 1.61. The zero-order valence-corrected chi connectivity index (χ0v) is 9.54. The van der Waals surface area contributed by atoms with Crippen LogP contribution in [0.1, 0.15) is 19.8 Å². The van der Waals surface area contributed by atoms with E-state index in [2.05, 4.69) is 15.9 Å². The van der Waals surface area contributed by atoms with E-state index in [9.17, 15) is 17.2 Å². The molecule has 7 heteroatoms. The first-order valence-electron chi connectivity index (χ1n) is 3.80. The zero-order valence-electron chi connectivity index (χ0n) is 7.13. The Balaban J connectivity index is 3.89. The number of nitrogens with one attached hydrogen (secondary N) is 1. The van der Waals surface area contributed by atoms with E-state index in [-0.39, 0.29) is 11.4 Å². The van der Waals surface area contributed by atoms with Crippen molar-refractivity contribution in [3.63, 3.8) is 0 Å². The van der Waals surface area contributed by atoms with Gasteiger partial charge in [-0.3, -0.25) is 0 Å². The van der Waals surface area contributed by atoms with Crippen LogP contribution >= 0.6 is 15.9 Å². The monoisotopic (exact) mass is 279 g/mol. The van der Waals surface area contributed by atoms with Crippen LogP contribution in [-0.4, -0.2) is 25.5 Å². The maximum absolute atomic E-state index is 11.8. The van der Waals surface area contributed by atoms with Gasteiger partial charge in [0.15, 0.2) is 0 Å². The molecule has 1 unspecified atom stereocenters. The van der Waals surface area contributed by atoms with E-state index in [0.29, 0.717) is 0 Å². The Hall–Kier alpha value is 0.250. The lowest BCUT2D eigenvalue weighted by atomic mass is 10.2. The maximum atomic E-state index is 11.8. The van der Waals surface area contributed by atoms with Crippen molar-refractivity contribution in [3.05, 3.63) is 0 Å². The highest BCUT2D eigenvalue weighted by Gasteiger charge is 2.23. The van der Waals surface area contributed by atoms with Crippen molar-refractivity contribution < 1.29 is 17.2 Å². The van der Waals surface area contributed by atoms with Gasteiger partial charge in [0.1, 0.15) is 0 Å². The number of sulfonamides is 1. The first-order chi connectivity index (χ1) is 5.90. The Morgan fingerprint density at radius 2 is 2.00 bits per heavy atom. The topological polar surface area (TPSA) is 46.2 Å². The smallest absolute Gasteiger partial charge is 0.209 e. The van der Waals surface area contributed by atoms with Crippen LogP contribution in [0, 0.1) is 0 Å². The van der Waals surface area contributed by atoms with Gasteiger partial charge in [-0.2, -0.15) is 8.78 Å². The van der Waals surface area contributed by atoms with Crippen LogP contribution in [0.5, 0.6) is 0 Å². The fourth-order valence-electron chi connectivity index (χ4n) is 0.685. The lowest BCUT2D eigenvalue weighted by molar-refractivity contribution is 0.232. The summed E-state index contributed by atoms with van der Waals surface area (Å²) >= 11 is 3.17. The number of hydrogen-bond donors (Lipinski definition) is 1. The lowest BCUT2D eigenvalue weighted by Gasteiger charge is -2.09. The normalized spacial score (nSPS) is 14.8. The largest absolute Gasteiger partial charge is 0.350 e. The molecule has 0 aromatic rings. The molecule has 0 saturated heterocycles. The molecule has 0 spiro atoms. The molecule has 0 heterocycles. The van der Waals surface area contributed by atoms with E-state index in [1.165, 1.54) is 0 Å². The Morgan fingerprint density at radius 1 is 1.46 bits per heavy atom. The summed E-state index contributed by atoms with van der Waals surface area (Å²) in [4.78, 5) is -0.0916. The van der Waals surface area contributed by atoms with Crippen LogP contribution in [0.15, 0.2) is 0 Å². The van der Waals surface area contributed by atoms with Gasteiger partial charge in [-0.1, -0.05) is 29.3 Å². The van der Waals surface area contributed by atoms with E-state index in [4.69, 9.17) is 0 Å². The van der Waals surface area contributed by atoms with Crippen LogP contribution in [0.2, 0.25) is 0 Å². The maximum Gasteiger partial charge on any atom is 0.350 e. The molecule has 80 valence electrons. The van der Waals surface area contributed by atoms with E-state index in [1.54, 1.807) is 0 Å². The molecule has 1 N–H and O–H groups in total. The molecule has 0 aliphatic carbocycles. The molecule has 13 heavy (non-hydrogen) atoms. The van der Waals surface area contributed by atoms with E-state index in [0.717, 1.165) is 12.8 Å². The molecule has 0 rings (SSSR count). The highest BCUT2D eigenvalue weighted by Crippen LogP contribution is 2.08. The van der Waals surface area contributed by atoms with Gasteiger partial charge < -0.3 is 0 Å². The fraction of sp³-hybridized carbons (Fsp3) is 1.00. The summed E-state index contributed by atoms with van der Waals surface area (Å²) in [5.41, 5.74) is 0. The third-order valence-electron chi connectivity index (χ3n) is 1.34. The molecule has 0 fully saturated rings. The van der Waals surface area contributed by atoms with Gasteiger partial charge in [0.2, 0.25) is 0 Å². The third kappa shape index (κ3) is 5.53. The van der Waals surface area contributed by atoms with Crippen molar-refractivity contribution in [3.8, 4) is 0 Å². The number of rotatable bonds is 6. The first kappa shape index (κ1) is 13.2. The van der Waals surface area contributed by atoms with Crippen LogP contribution in [0.25, 0.3) is 0 Å². The third-order valence-corrected chi connectivity index (χ3v) is 3.16. The molecule has 0 aromatic carbocycles. The van der Waals surface area contributed by atoms with Crippen molar-refractivity contribution in [1.29, 1.82) is 0 Å². The van der Waals surface area contributed by atoms with Gasteiger partial charge in [-0.05, 0) is 6.42 Å². The number of halogens is 3. The van der Waals surface area contributed by atoms with Crippen LogP contribution in [0.3, 0.4) is 0 Å². The van der Waals surface area contributed by atoms with E-state index < -0.39 is 15.8 Å². The summed E-state index contributed by atoms with van der Waals surface area (Å²) in [6.45, 7) is 1.93. The van der Waals surface area contributed by atoms with Crippen molar-refractivity contribution in [2.24, 2.45) is 0 Å². The summed E-state index contributed by atoms with van der Waals surface area (Å²) < 4.78 is 46.5. The van der Waals surface area contributed by atoms with Crippen molar-refractivity contribution in [2.75, 3.05) is 6.54 Å². The quantitative estimate of drug-likeness (QED) is 0.753. The Morgan fingerprint density at radius 3 is 2.38 bits per heavy atom. The van der Waals surface area contributed by atoms with Crippen molar-refractivity contribution >= 4 is 26.0 Å². The summed E-state index contributed by atoms with van der Waals surface area (Å²) in [5, 5.41) is 0. The second-order valence-electron chi connectivity index (χ2n) is 2.54. The van der Waals surface area contributed by atoms with Gasteiger partial charge in [0.05, 0.1) is 0 Å².